The Morgan fingerprint density at radius 2 is 1.74 bits per heavy atom. The highest BCUT2D eigenvalue weighted by Gasteiger charge is 2.58. The quantitative estimate of drug-likeness (QED) is 0.138. The van der Waals surface area contributed by atoms with Crippen molar-refractivity contribution < 1.29 is 59.2 Å². The molecule has 1 aromatic carbocycles. The monoisotopic (exact) mass is 588 g/mol. The average Bonchev–Trinajstić information content (AvgIpc) is 3.40. The molecule has 0 amide bonds. The maximum Gasteiger partial charge on any atom is 0.335 e. The zero-order valence-electron chi connectivity index (χ0n) is 22.8. The number of carbonyl (C=O) groups excluding carboxylic acids is 2. The van der Waals surface area contributed by atoms with Gasteiger partial charge < -0.3 is 49.6 Å². The Kier molecular flexibility index (Phi) is 8.59. The Morgan fingerprint density at radius 1 is 1.05 bits per heavy atom. The molecule has 0 aromatic heterocycles. The Morgan fingerprint density at radius 3 is 2.40 bits per heavy atom. The second-order valence-electron chi connectivity index (χ2n) is 11.4. The summed E-state index contributed by atoms with van der Waals surface area (Å²) < 4.78 is 23.0. The van der Waals surface area contributed by atoms with Gasteiger partial charge in [-0.15, -0.1) is 0 Å². The standard InChI is InChI=1S/C30H36O12/c1-12-8-20(39-29(38)18(33)9-15-4-6-16(32)7-5-15)23-14(3)28(37)42-27(23)22-13(2)19(10-17(12)22)40-30-26(36)25(35)24(34)21(11-31)41-30/h4-7,17-27,30-36H,1-3,8-11H2/t17-,18?,19-,20+,21+,22-,23+,24+,25-,26+,27+,30+/m0/s1. The second kappa shape index (κ2) is 11.9. The first-order valence-electron chi connectivity index (χ1n) is 13.8. The van der Waals surface area contributed by atoms with Gasteiger partial charge in [0.05, 0.1) is 18.6 Å². The number of ether oxygens (including phenoxy) is 4. The van der Waals surface area contributed by atoms with Crippen molar-refractivity contribution in [3.8, 4) is 5.75 Å². The minimum atomic E-state index is -1.61. The minimum Gasteiger partial charge on any atom is -0.508 e. The summed E-state index contributed by atoms with van der Waals surface area (Å²) in [5.41, 5.74) is 1.91. The van der Waals surface area contributed by atoms with Gasteiger partial charge in [-0.25, -0.2) is 9.59 Å². The van der Waals surface area contributed by atoms with Crippen LogP contribution in [-0.4, -0.2) is 104 Å². The van der Waals surface area contributed by atoms with Crippen LogP contribution in [0.2, 0.25) is 0 Å². The van der Waals surface area contributed by atoms with Crippen LogP contribution in [0.25, 0.3) is 0 Å². The van der Waals surface area contributed by atoms with Crippen molar-refractivity contribution in [1.29, 1.82) is 0 Å². The summed E-state index contributed by atoms with van der Waals surface area (Å²) in [7, 11) is 0. The predicted octanol–water partition coefficient (Wildman–Crippen LogP) is -0.357. The van der Waals surface area contributed by atoms with E-state index in [0.29, 0.717) is 23.1 Å². The first-order chi connectivity index (χ1) is 19.9. The van der Waals surface area contributed by atoms with E-state index in [4.69, 9.17) is 18.9 Å². The van der Waals surface area contributed by atoms with Crippen LogP contribution in [0.3, 0.4) is 0 Å². The Bertz CT molecular complexity index is 1240. The second-order valence-corrected chi connectivity index (χ2v) is 11.4. The highest BCUT2D eigenvalue weighted by atomic mass is 16.7. The van der Waals surface area contributed by atoms with E-state index < -0.39 is 85.5 Å². The van der Waals surface area contributed by atoms with Crippen LogP contribution in [0, 0.1) is 17.8 Å². The smallest absolute Gasteiger partial charge is 0.335 e. The van der Waals surface area contributed by atoms with Crippen molar-refractivity contribution in [2.24, 2.45) is 17.8 Å². The van der Waals surface area contributed by atoms with Crippen molar-refractivity contribution in [2.45, 2.75) is 74.4 Å². The van der Waals surface area contributed by atoms with E-state index in [-0.39, 0.29) is 30.1 Å². The number of hydrogen-bond donors (Lipinski definition) is 6. The van der Waals surface area contributed by atoms with Gasteiger partial charge in [0.15, 0.2) is 12.4 Å². The number of aromatic hydroxyl groups is 1. The number of phenols is 1. The normalized spacial score (nSPS) is 38.8. The molecule has 2 saturated heterocycles. The van der Waals surface area contributed by atoms with Gasteiger partial charge in [0.1, 0.15) is 42.4 Å². The molecular weight excluding hydrogens is 552 g/mol. The molecule has 2 aliphatic carbocycles. The molecule has 12 nitrogen and oxygen atoms in total. The van der Waals surface area contributed by atoms with Gasteiger partial charge in [-0.2, -0.15) is 0 Å². The topological polar surface area (TPSA) is 192 Å². The van der Waals surface area contributed by atoms with Crippen molar-refractivity contribution in [2.75, 3.05) is 6.61 Å². The van der Waals surface area contributed by atoms with E-state index in [1.807, 2.05) is 0 Å². The third-order valence-electron chi connectivity index (χ3n) is 8.80. The first-order valence-corrected chi connectivity index (χ1v) is 13.8. The van der Waals surface area contributed by atoms with E-state index in [1.54, 1.807) is 12.1 Å². The first kappa shape index (κ1) is 30.4. The highest BCUT2D eigenvalue weighted by molar-refractivity contribution is 5.91. The highest BCUT2D eigenvalue weighted by Crippen LogP contribution is 2.53. The van der Waals surface area contributed by atoms with Gasteiger partial charge in [-0.3, -0.25) is 0 Å². The summed E-state index contributed by atoms with van der Waals surface area (Å²) >= 11 is 0. The predicted molar refractivity (Wildman–Crippen MR) is 143 cm³/mol. The summed E-state index contributed by atoms with van der Waals surface area (Å²) in [6.45, 7) is 11.7. The maximum atomic E-state index is 13.0. The van der Waals surface area contributed by atoms with Gasteiger partial charge in [0, 0.05) is 24.3 Å². The fourth-order valence-electron chi connectivity index (χ4n) is 6.50. The Hall–Kier alpha value is -3.10. The third-order valence-corrected chi connectivity index (χ3v) is 8.80. The lowest BCUT2D eigenvalue weighted by Gasteiger charge is -2.40. The van der Waals surface area contributed by atoms with Crippen LogP contribution < -0.4 is 0 Å². The van der Waals surface area contributed by atoms with E-state index in [2.05, 4.69) is 19.7 Å². The summed E-state index contributed by atoms with van der Waals surface area (Å²) in [6.07, 6.45) is -10.8. The fraction of sp³-hybridized carbons (Fsp3) is 0.533. The lowest BCUT2D eigenvalue weighted by atomic mass is 9.81. The van der Waals surface area contributed by atoms with Crippen LogP contribution in [0.4, 0.5) is 0 Å². The molecule has 1 unspecified atom stereocenters. The minimum absolute atomic E-state index is 0.0454. The van der Waals surface area contributed by atoms with Gasteiger partial charge >= 0.3 is 11.9 Å². The SMILES string of the molecule is C=C1C(=O)O[C@@H]2[C@H]3C(=C)[C@@H](O[C@@H]4O[C@H](CO)[C@@H](O)[C@H](O)[C@H]4O)C[C@H]3C(=C)C[C@@H](OC(=O)C(O)Cc3ccc(O)cc3)[C@@H]12. The summed E-state index contributed by atoms with van der Waals surface area (Å²) in [4.78, 5) is 25.7. The van der Waals surface area contributed by atoms with Crippen LogP contribution in [0.15, 0.2) is 60.7 Å². The molecule has 4 fully saturated rings. The summed E-state index contributed by atoms with van der Waals surface area (Å²) in [6, 6.07) is 6.05. The molecule has 2 saturated carbocycles. The van der Waals surface area contributed by atoms with Crippen LogP contribution in [-0.2, 0) is 35.0 Å². The molecule has 0 bridgehead atoms. The van der Waals surface area contributed by atoms with Crippen LogP contribution in [0.5, 0.6) is 5.75 Å². The maximum absolute atomic E-state index is 13.0. The third kappa shape index (κ3) is 5.51. The molecular formula is C30H36O12. The lowest BCUT2D eigenvalue weighted by molar-refractivity contribution is -0.308. The molecule has 2 heterocycles. The number of aliphatic hydroxyl groups is 5. The lowest BCUT2D eigenvalue weighted by Crippen LogP contribution is -2.59. The molecule has 12 heteroatoms. The van der Waals surface area contributed by atoms with Gasteiger partial charge in [-0.1, -0.05) is 37.4 Å². The van der Waals surface area contributed by atoms with Gasteiger partial charge in [0.2, 0.25) is 0 Å². The molecule has 2 aliphatic heterocycles. The number of aliphatic hydroxyl groups excluding tert-OH is 5. The van der Waals surface area contributed by atoms with E-state index >= 15 is 0 Å². The number of carbonyl (C=O) groups is 2. The molecule has 12 atom stereocenters. The number of esters is 2. The number of rotatable bonds is 7. The van der Waals surface area contributed by atoms with Gasteiger partial charge in [-0.05, 0) is 35.6 Å². The van der Waals surface area contributed by atoms with Crippen molar-refractivity contribution >= 4 is 11.9 Å². The average molecular weight is 589 g/mol. The van der Waals surface area contributed by atoms with E-state index in [1.165, 1.54) is 12.1 Å². The van der Waals surface area contributed by atoms with Crippen molar-refractivity contribution in [3.63, 3.8) is 0 Å². The van der Waals surface area contributed by atoms with Crippen molar-refractivity contribution in [3.05, 3.63) is 66.3 Å². The molecule has 228 valence electrons. The number of phenolic OH excluding ortho intramolecular Hbond substituents is 1. The molecule has 5 rings (SSSR count). The molecule has 6 N–H and O–H groups in total. The van der Waals surface area contributed by atoms with Crippen LogP contribution in [0.1, 0.15) is 18.4 Å². The number of hydrogen-bond acceptors (Lipinski definition) is 12. The zero-order valence-corrected chi connectivity index (χ0v) is 22.8. The Labute approximate surface area is 242 Å². The molecule has 4 aliphatic rings. The number of fused-ring (bicyclic) bond motifs is 3. The Balaban J connectivity index is 1.32. The summed E-state index contributed by atoms with van der Waals surface area (Å²) in [5, 5.41) is 60.2. The fourth-order valence-corrected chi connectivity index (χ4v) is 6.50. The molecule has 0 radical (unpaired) electrons. The van der Waals surface area contributed by atoms with Gasteiger partial charge in [0.25, 0.3) is 0 Å². The van der Waals surface area contributed by atoms with Crippen LogP contribution >= 0.6 is 0 Å². The summed E-state index contributed by atoms with van der Waals surface area (Å²) in [5.74, 6) is -3.07. The van der Waals surface area contributed by atoms with E-state index in [9.17, 15) is 40.2 Å². The van der Waals surface area contributed by atoms with Crippen molar-refractivity contribution in [1.82, 2.24) is 0 Å². The molecule has 0 spiro atoms. The molecule has 1 aromatic rings. The number of benzene rings is 1. The largest absolute Gasteiger partial charge is 0.508 e. The zero-order chi connectivity index (χ0) is 30.5. The molecule has 42 heavy (non-hydrogen) atoms. The van der Waals surface area contributed by atoms with E-state index in [0.717, 1.165) is 0 Å².